The molecule has 2 rings (SSSR count). The summed E-state index contributed by atoms with van der Waals surface area (Å²) < 4.78 is 24.7. The van der Waals surface area contributed by atoms with E-state index in [1.165, 1.54) is 7.11 Å². The van der Waals surface area contributed by atoms with Crippen molar-refractivity contribution in [2.45, 2.75) is 13.2 Å². The van der Waals surface area contributed by atoms with E-state index in [0.717, 1.165) is 5.56 Å². The quantitative estimate of drug-likeness (QED) is 0.900. The molecule has 0 amide bonds. The van der Waals surface area contributed by atoms with Gasteiger partial charge < -0.3 is 15.2 Å². The highest BCUT2D eigenvalue weighted by Gasteiger charge is 2.13. The molecule has 0 aliphatic heterocycles. The average molecular weight is 261 g/mol. The smallest absolute Gasteiger partial charge is 0.173 e. The van der Waals surface area contributed by atoms with Gasteiger partial charge >= 0.3 is 0 Å². The maximum atomic E-state index is 14.1. The van der Waals surface area contributed by atoms with Crippen LogP contribution in [0, 0.1) is 5.82 Å². The molecular weight excluding hydrogens is 245 g/mol. The van der Waals surface area contributed by atoms with Gasteiger partial charge in [0.2, 0.25) is 0 Å². The van der Waals surface area contributed by atoms with Gasteiger partial charge in [0, 0.05) is 12.1 Å². The van der Waals surface area contributed by atoms with Crippen LogP contribution in [-0.2, 0) is 13.2 Å². The minimum absolute atomic E-state index is 0.0670. The van der Waals surface area contributed by atoms with Crippen molar-refractivity contribution in [2.24, 2.45) is 5.73 Å². The standard InChI is InChI=1S/C15H16FNO2/c1-18-13-7-8-14(15(16)12(13)9-17)19-10-11-5-3-2-4-6-11/h2-8H,9-10,17H2,1H3. The molecule has 0 fully saturated rings. The second kappa shape index (κ2) is 6.20. The molecule has 0 aliphatic carbocycles. The van der Waals surface area contributed by atoms with E-state index in [9.17, 15) is 4.39 Å². The van der Waals surface area contributed by atoms with Crippen molar-refractivity contribution < 1.29 is 13.9 Å². The van der Waals surface area contributed by atoms with Crippen molar-refractivity contribution >= 4 is 0 Å². The van der Waals surface area contributed by atoms with Crippen molar-refractivity contribution in [3.8, 4) is 11.5 Å². The van der Waals surface area contributed by atoms with E-state index in [1.54, 1.807) is 12.1 Å². The van der Waals surface area contributed by atoms with Gasteiger partial charge in [-0.05, 0) is 17.7 Å². The van der Waals surface area contributed by atoms with Crippen LogP contribution in [0.15, 0.2) is 42.5 Å². The second-order valence-corrected chi connectivity index (χ2v) is 4.04. The number of hydrogen-bond donors (Lipinski definition) is 1. The molecule has 0 aliphatic rings. The molecule has 2 N–H and O–H groups in total. The zero-order valence-electron chi connectivity index (χ0n) is 10.7. The van der Waals surface area contributed by atoms with Crippen LogP contribution in [0.3, 0.4) is 0 Å². The summed E-state index contributed by atoms with van der Waals surface area (Å²) in [5.74, 6) is 0.162. The number of nitrogens with two attached hydrogens (primary N) is 1. The Labute approximate surface area is 111 Å². The molecule has 0 aromatic heterocycles. The summed E-state index contributed by atoms with van der Waals surface area (Å²) in [5, 5.41) is 0. The average Bonchev–Trinajstić information content (AvgIpc) is 2.46. The van der Waals surface area contributed by atoms with E-state index in [2.05, 4.69) is 0 Å². The summed E-state index contributed by atoms with van der Waals surface area (Å²) in [6, 6.07) is 12.8. The van der Waals surface area contributed by atoms with Gasteiger partial charge in [-0.1, -0.05) is 30.3 Å². The lowest BCUT2D eigenvalue weighted by Gasteiger charge is -2.12. The Kier molecular flexibility index (Phi) is 4.36. The molecule has 19 heavy (non-hydrogen) atoms. The Morgan fingerprint density at radius 1 is 1.05 bits per heavy atom. The van der Waals surface area contributed by atoms with E-state index in [4.69, 9.17) is 15.2 Å². The Morgan fingerprint density at radius 3 is 2.37 bits per heavy atom. The Balaban J connectivity index is 2.17. The van der Waals surface area contributed by atoms with E-state index in [-0.39, 0.29) is 12.3 Å². The Bertz CT molecular complexity index is 543. The first-order chi connectivity index (χ1) is 9.26. The minimum atomic E-state index is -0.460. The monoisotopic (exact) mass is 261 g/mol. The number of halogens is 1. The first kappa shape index (κ1) is 13.4. The van der Waals surface area contributed by atoms with Crippen LogP contribution in [0.25, 0.3) is 0 Å². The second-order valence-electron chi connectivity index (χ2n) is 4.04. The first-order valence-electron chi connectivity index (χ1n) is 5.98. The SMILES string of the molecule is COc1ccc(OCc2ccccc2)c(F)c1CN. The number of ether oxygens (including phenoxy) is 2. The van der Waals surface area contributed by atoms with Gasteiger partial charge in [-0.25, -0.2) is 4.39 Å². The predicted molar refractivity (Wildman–Crippen MR) is 71.6 cm³/mol. The van der Waals surface area contributed by atoms with Crippen molar-refractivity contribution in [3.63, 3.8) is 0 Å². The van der Waals surface area contributed by atoms with E-state index >= 15 is 0 Å². The summed E-state index contributed by atoms with van der Waals surface area (Å²) in [6.07, 6.45) is 0. The van der Waals surface area contributed by atoms with Crippen LogP contribution in [0.5, 0.6) is 11.5 Å². The van der Waals surface area contributed by atoms with Gasteiger partial charge in [-0.15, -0.1) is 0 Å². The van der Waals surface area contributed by atoms with E-state index in [0.29, 0.717) is 17.9 Å². The first-order valence-corrected chi connectivity index (χ1v) is 5.98. The molecule has 3 nitrogen and oxygen atoms in total. The summed E-state index contributed by atoms with van der Waals surface area (Å²) in [6.45, 7) is 0.381. The molecule has 0 saturated heterocycles. The fourth-order valence-corrected chi connectivity index (χ4v) is 1.81. The van der Waals surface area contributed by atoms with Gasteiger partial charge in [0.15, 0.2) is 11.6 Å². The normalized spacial score (nSPS) is 10.3. The van der Waals surface area contributed by atoms with Crippen LogP contribution in [0.1, 0.15) is 11.1 Å². The molecule has 2 aromatic rings. The number of methoxy groups -OCH3 is 1. The third kappa shape index (κ3) is 3.03. The highest BCUT2D eigenvalue weighted by molar-refractivity contribution is 5.42. The van der Waals surface area contributed by atoms with Gasteiger partial charge in [-0.2, -0.15) is 0 Å². The maximum absolute atomic E-state index is 14.1. The minimum Gasteiger partial charge on any atom is -0.496 e. The summed E-state index contributed by atoms with van der Waals surface area (Å²) >= 11 is 0. The zero-order chi connectivity index (χ0) is 13.7. The topological polar surface area (TPSA) is 44.5 Å². The van der Waals surface area contributed by atoms with Crippen molar-refractivity contribution in [3.05, 3.63) is 59.4 Å². The van der Waals surface area contributed by atoms with E-state index < -0.39 is 5.82 Å². The van der Waals surface area contributed by atoms with Gasteiger partial charge in [0.05, 0.1) is 7.11 Å². The predicted octanol–water partition coefficient (Wildman–Crippen LogP) is 2.87. The molecular formula is C15H16FNO2. The largest absolute Gasteiger partial charge is 0.496 e. The number of rotatable bonds is 5. The molecule has 0 bridgehead atoms. The van der Waals surface area contributed by atoms with Crippen LogP contribution in [0.4, 0.5) is 4.39 Å². The Hall–Kier alpha value is -2.07. The Morgan fingerprint density at radius 2 is 1.74 bits per heavy atom. The van der Waals surface area contributed by atoms with E-state index in [1.807, 2.05) is 30.3 Å². The van der Waals surface area contributed by atoms with Crippen molar-refractivity contribution in [2.75, 3.05) is 7.11 Å². The van der Waals surface area contributed by atoms with Crippen molar-refractivity contribution in [1.82, 2.24) is 0 Å². The van der Waals surface area contributed by atoms with Gasteiger partial charge in [-0.3, -0.25) is 0 Å². The lowest BCUT2D eigenvalue weighted by atomic mass is 10.1. The zero-order valence-corrected chi connectivity index (χ0v) is 10.7. The highest BCUT2D eigenvalue weighted by Crippen LogP contribution is 2.29. The fourth-order valence-electron chi connectivity index (χ4n) is 1.81. The lowest BCUT2D eigenvalue weighted by molar-refractivity contribution is 0.287. The van der Waals surface area contributed by atoms with Gasteiger partial charge in [0.25, 0.3) is 0 Å². The van der Waals surface area contributed by atoms with Gasteiger partial charge in [0.1, 0.15) is 12.4 Å². The lowest BCUT2D eigenvalue weighted by Crippen LogP contribution is -2.06. The molecule has 100 valence electrons. The number of benzene rings is 2. The molecule has 0 atom stereocenters. The molecule has 0 radical (unpaired) electrons. The molecule has 0 heterocycles. The molecule has 2 aromatic carbocycles. The molecule has 0 saturated carbocycles. The maximum Gasteiger partial charge on any atom is 0.173 e. The highest BCUT2D eigenvalue weighted by atomic mass is 19.1. The third-order valence-electron chi connectivity index (χ3n) is 2.83. The fraction of sp³-hybridized carbons (Fsp3) is 0.200. The molecule has 0 unspecified atom stereocenters. The molecule has 4 heteroatoms. The van der Waals surface area contributed by atoms with Crippen LogP contribution in [0.2, 0.25) is 0 Å². The summed E-state index contributed by atoms with van der Waals surface area (Å²) in [4.78, 5) is 0. The van der Waals surface area contributed by atoms with Crippen LogP contribution >= 0.6 is 0 Å². The van der Waals surface area contributed by atoms with Crippen LogP contribution in [-0.4, -0.2) is 7.11 Å². The summed E-state index contributed by atoms with van der Waals surface area (Å²) in [5.41, 5.74) is 6.83. The summed E-state index contributed by atoms with van der Waals surface area (Å²) in [7, 11) is 1.48. The van der Waals surface area contributed by atoms with Crippen molar-refractivity contribution in [1.29, 1.82) is 0 Å². The van der Waals surface area contributed by atoms with Crippen LogP contribution < -0.4 is 15.2 Å². The number of hydrogen-bond acceptors (Lipinski definition) is 3. The molecule has 0 spiro atoms. The third-order valence-corrected chi connectivity index (χ3v) is 2.83.